The summed E-state index contributed by atoms with van der Waals surface area (Å²) < 4.78 is 14.4. The van der Waals surface area contributed by atoms with Gasteiger partial charge in [0.1, 0.15) is 0 Å². The highest BCUT2D eigenvalue weighted by molar-refractivity contribution is 6.60. The first-order valence-electron chi connectivity index (χ1n) is 2.87. The SMILES string of the molecule is CO[Si](C[N+](=O)[O-])(OC)OC. The number of nitro groups is 1. The van der Waals surface area contributed by atoms with E-state index in [4.69, 9.17) is 13.3 Å². The molecule has 11 heavy (non-hydrogen) atoms. The van der Waals surface area contributed by atoms with E-state index in [2.05, 4.69) is 0 Å². The molecule has 0 spiro atoms. The monoisotopic (exact) mass is 181 g/mol. The molecule has 0 radical (unpaired) electrons. The lowest BCUT2D eigenvalue weighted by atomic mass is 11.5. The Labute approximate surface area is 65.6 Å². The van der Waals surface area contributed by atoms with Gasteiger partial charge in [-0.3, -0.25) is 10.1 Å². The van der Waals surface area contributed by atoms with E-state index in [0.29, 0.717) is 0 Å². The second-order valence-corrected chi connectivity index (χ2v) is 4.69. The number of rotatable bonds is 5. The molecule has 0 aromatic rings. The molecule has 6 nitrogen and oxygen atoms in total. The van der Waals surface area contributed by atoms with E-state index in [1.54, 1.807) is 0 Å². The molecule has 0 saturated carbocycles. The molecule has 0 rings (SSSR count). The summed E-state index contributed by atoms with van der Waals surface area (Å²) in [7, 11) is 1.03. The second-order valence-electron chi connectivity index (χ2n) is 1.79. The van der Waals surface area contributed by atoms with Crippen LogP contribution < -0.4 is 0 Å². The van der Waals surface area contributed by atoms with Crippen molar-refractivity contribution in [1.82, 2.24) is 0 Å². The van der Waals surface area contributed by atoms with Gasteiger partial charge in [-0.2, -0.15) is 0 Å². The highest BCUT2D eigenvalue weighted by atomic mass is 28.4. The van der Waals surface area contributed by atoms with Gasteiger partial charge in [0.15, 0.2) is 0 Å². The van der Waals surface area contributed by atoms with Crippen molar-refractivity contribution in [2.24, 2.45) is 0 Å². The van der Waals surface area contributed by atoms with E-state index in [1.807, 2.05) is 0 Å². The van der Waals surface area contributed by atoms with E-state index in [-0.39, 0.29) is 0 Å². The molecule has 0 bridgehead atoms. The molecule has 0 aromatic carbocycles. The van der Waals surface area contributed by atoms with Crippen molar-refractivity contribution in [3.8, 4) is 0 Å². The molecule has 66 valence electrons. The van der Waals surface area contributed by atoms with Crippen LogP contribution in [0.1, 0.15) is 0 Å². The molecule has 7 heteroatoms. The van der Waals surface area contributed by atoms with Crippen LogP contribution >= 0.6 is 0 Å². The lowest BCUT2D eigenvalue weighted by molar-refractivity contribution is -0.468. The van der Waals surface area contributed by atoms with Gasteiger partial charge in [0, 0.05) is 26.3 Å². The molecule has 0 aliphatic heterocycles. The Balaban J connectivity index is 4.16. The standard InChI is InChI=1S/C4H11NO5Si/c1-8-11(9-2,10-3)4-5(6)7/h4H2,1-3H3. The number of nitrogens with zero attached hydrogens (tertiary/aromatic N) is 1. The van der Waals surface area contributed by atoms with E-state index in [1.165, 1.54) is 21.3 Å². The molecule has 0 amide bonds. The fourth-order valence-corrected chi connectivity index (χ4v) is 1.81. The highest BCUT2D eigenvalue weighted by Gasteiger charge is 2.44. The summed E-state index contributed by atoms with van der Waals surface area (Å²) in [6, 6.07) is 0. The van der Waals surface area contributed by atoms with E-state index < -0.39 is 19.9 Å². The van der Waals surface area contributed by atoms with Gasteiger partial charge in [0.2, 0.25) is 0 Å². The molecular formula is C4H11NO5Si. The molecule has 0 aliphatic carbocycles. The van der Waals surface area contributed by atoms with Crippen molar-refractivity contribution in [2.45, 2.75) is 0 Å². The molecule has 0 saturated heterocycles. The first-order valence-corrected chi connectivity index (χ1v) is 4.80. The van der Waals surface area contributed by atoms with Gasteiger partial charge < -0.3 is 13.3 Å². The molecule has 0 aromatic heterocycles. The molecule has 0 aliphatic rings. The molecular weight excluding hydrogens is 170 g/mol. The van der Waals surface area contributed by atoms with Crippen molar-refractivity contribution in [3.05, 3.63) is 10.1 Å². The van der Waals surface area contributed by atoms with Gasteiger partial charge in [-0.15, -0.1) is 0 Å². The third-order valence-corrected chi connectivity index (χ3v) is 3.77. The Bertz CT molecular complexity index is 128. The molecule has 0 unspecified atom stereocenters. The summed E-state index contributed by atoms with van der Waals surface area (Å²) in [6.07, 6.45) is -0.406. The van der Waals surface area contributed by atoms with Gasteiger partial charge in [0.25, 0.3) is 6.17 Å². The van der Waals surface area contributed by atoms with Crippen LogP contribution in [-0.2, 0) is 13.3 Å². The van der Waals surface area contributed by atoms with Gasteiger partial charge in [-0.1, -0.05) is 0 Å². The topological polar surface area (TPSA) is 70.8 Å². The van der Waals surface area contributed by atoms with E-state index in [0.717, 1.165) is 0 Å². The summed E-state index contributed by atoms with van der Waals surface area (Å²) in [4.78, 5) is 9.58. The van der Waals surface area contributed by atoms with Gasteiger partial charge >= 0.3 is 8.80 Å². The maximum atomic E-state index is 10.1. The zero-order valence-corrected chi connectivity index (χ0v) is 7.70. The van der Waals surface area contributed by atoms with Crippen LogP contribution in [0.3, 0.4) is 0 Å². The summed E-state index contributed by atoms with van der Waals surface area (Å²) >= 11 is 0. The van der Waals surface area contributed by atoms with Crippen molar-refractivity contribution < 1.29 is 18.2 Å². The Hall–Kier alpha value is -0.503. The van der Waals surface area contributed by atoms with Crippen LogP contribution in [0.15, 0.2) is 0 Å². The molecule has 0 atom stereocenters. The summed E-state index contributed by atoms with van der Waals surface area (Å²) in [5.41, 5.74) is 0. The third kappa shape index (κ3) is 2.93. The maximum Gasteiger partial charge on any atom is 0.575 e. The van der Waals surface area contributed by atoms with Crippen LogP contribution in [0, 0.1) is 10.1 Å². The lowest BCUT2D eigenvalue weighted by Crippen LogP contribution is -2.49. The van der Waals surface area contributed by atoms with Crippen LogP contribution in [0.4, 0.5) is 0 Å². The maximum absolute atomic E-state index is 10.1. The fourth-order valence-electron chi connectivity index (χ4n) is 0.602. The van der Waals surface area contributed by atoms with E-state index in [9.17, 15) is 10.1 Å². The highest BCUT2D eigenvalue weighted by Crippen LogP contribution is 2.04. The smallest absolute Gasteiger partial charge is 0.373 e. The van der Waals surface area contributed by atoms with Gasteiger partial charge in [-0.05, 0) is 0 Å². The summed E-state index contributed by atoms with van der Waals surface area (Å²) in [5.74, 6) is 0. The minimum atomic E-state index is -2.98. The first kappa shape index (κ1) is 10.5. The van der Waals surface area contributed by atoms with Crippen LogP contribution in [0.5, 0.6) is 0 Å². The second kappa shape index (κ2) is 4.39. The Kier molecular flexibility index (Phi) is 4.19. The van der Waals surface area contributed by atoms with Crippen LogP contribution in [0.25, 0.3) is 0 Å². The van der Waals surface area contributed by atoms with Crippen molar-refractivity contribution in [1.29, 1.82) is 0 Å². The van der Waals surface area contributed by atoms with Crippen molar-refractivity contribution in [3.63, 3.8) is 0 Å². The minimum absolute atomic E-state index is 0.406. The van der Waals surface area contributed by atoms with Crippen LogP contribution in [-0.4, -0.2) is 41.2 Å². The predicted molar refractivity (Wildman–Crippen MR) is 38.6 cm³/mol. The summed E-state index contributed by atoms with van der Waals surface area (Å²) in [5, 5.41) is 10.1. The molecule has 0 fully saturated rings. The Morgan fingerprint density at radius 2 is 1.64 bits per heavy atom. The largest absolute Gasteiger partial charge is 0.575 e. The van der Waals surface area contributed by atoms with Crippen molar-refractivity contribution in [2.75, 3.05) is 27.5 Å². The minimum Gasteiger partial charge on any atom is -0.373 e. The Morgan fingerprint density at radius 1 is 1.27 bits per heavy atom. The first-order chi connectivity index (χ1) is 5.10. The zero-order valence-electron chi connectivity index (χ0n) is 6.70. The third-order valence-electron chi connectivity index (χ3n) is 1.26. The van der Waals surface area contributed by atoms with E-state index >= 15 is 0 Å². The average molecular weight is 181 g/mol. The van der Waals surface area contributed by atoms with Crippen molar-refractivity contribution >= 4 is 8.80 Å². The zero-order chi connectivity index (χ0) is 8.91. The van der Waals surface area contributed by atoms with Crippen LogP contribution in [0.2, 0.25) is 0 Å². The fraction of sp³-hybridized carbons (Fsp3) is 1.00. The Morgan fingerprint density at radius 3 is 1.73 bits per heavy atom. The average Bonchev–Trinajstić information content (AvgIpc) is 2.00. The quantitative estimate of drug-likeness (QED) is 0.330. The number of hydrogen-bond donors (Lipinski definition) is 0. The number of hydrogen-bond acceptors (Lipinski definition) is 5. The molecule has 0 N–H and O–H groups in total. The predicted octanol–water partition coefficient (Wildman–Crippen LogP) is -0.320. The lowest BCUT2D eigenvalue weighted by Gasteiger charge is -2.19. The summed E-state index contributed by atoms with van der Waals surface area (Å²) in [6.45, 7) is 0. The van der Waals surface area contributed by atoms with Gasteiger partial charge in [0.05, 0.1) is 0 Å². The molecule has 0 heterocycles. The normalized spacial score (nSPS) is 11.5. The van der Waals surface area contributed by atoms with Gasteiger partial charge in [-0.25, -0.2) is 0 Å².